The maximum absolute atomic E-state index is 2.54. The van der Waals surface area contributed by atoms with Gasteiger partial charge in [0.15, 0.2) is 0 Å². The Morgan fingerprint density at radius 3 is 1.28 bits per heavy atom. The van der Waals surface area contributed by atoms with Gasteiger partial charge in [-0.05, 0) is 28.5 Å². The van der Waals surface area contributed by atoms with Gasteiger partial charge in [-0.15, -0.1) is 0 Å². The van der Waals surface area contributed by atoms with E-state index in [-0.39, 0.29) is 5.04 Å². The van der Waals surface area contributed by atoms with Crippen molar-refractivity contribution in [2.45, 2.75) is 36.5 Å². The molecule has 1 heteroatoms. The number of rotatable bonds is 4. The van der Waals surface area contributed by atoms with Crippen LogP contribution in [0.4, 0.5) is 0 Å². The Bertz CT molecular complexity index is 786. The molecule has 126 valence electrons. The average Bonchev–Trinajstić information content (AvgIpc) is 3.36. The van der Waals surface area contributed by atoms with Crippen LogP contribution in [-0.4, -0.2) is 8.07 Å². The molecule has 0 N–H and O–H groups in total. The molecule has 2 atom stereocenters. The zero-order chi connectivity index (χ0) is 17.5. The summed E-state index contributed by atoms with van der Waals surface area (Å²) in [5.41, 5.74) is 4.50. The fraction of sp³-hybridized carbons (Fsp3) is 0.250. The van der Waals surface area contributed by atoms with Gasteiger partial charge in [-0.2, -0.15) is 0 Å². The first-order valence-corrected chi connectivity index (χ1v) is 12.7. The van der Waals surface area contributed by atoms with Gasteiger partial charge in [0.25, 0.3) is 0 Å². The molecule has 0 spiro atoms. The Morgan fingerprint density at radius 1 is 0.560 bits per heavy atom. The Kier molecular flexibility index (Phi) is 3.92. The third-order valence-corrected chi connectivity index (χ3v) is 9.41. The molecule has 3 aromatic rings. The SMILES string of the molecule is C[Si](C)(C)C1(c2ccccc2)C(c2ccccc2)C1c1ccccc1. The van der Waals surface area contributed by atoms with E-state index in [0.29, 0.717) is 11.8 Å². The van der Waals surface area contributed by atoms with Crippen molar-refractivity contribution in [3.05, 3.63) is 108 Å². The van der Waals surface area contributed by atoms with Gasteiger partial charge in [-0.25, -0.2) is 0 Å². The van der Waals surface area contributed by atoms with Crippen molar-refractivity contribution < 1.29 is 0 Å². The highest BCUT2D eigenvalue weighted by molar-refractivity contribution is 6.80. The van der Waals surface area contributed by atoms with Gasteiger partial charge < -0.3 is 0 Å². The van der Waals surface area contributed by atoms with E-state index in [9.17, 15) is 0 Å². The largest absolute Gasteiger partial charge is 0.0688 e. The Hall–Kier alpha value is -2.12. The van der Waals surface area contributed by atoms with Gasteiger partial charge in [0, 0.05) is 5.04 Å². The summed E-state index contributed by atoms with van der Waals surface area (Å²) >= 11 is 0. The highest BCUT2D eigenvalue weighted by Crippen LogP contribution is 2.74. The van der Waals surface area contributed by atoms with Gasteiger partial charge in [0.2, 0.25) is 0 Å². The quantitative estimate of drug-likeness (QED) is 0.482. The second-order valence-electron chi connectivity index (χ2n) is 8.26. The molecule has 25 heavy (non-hydrogen) atoms. The second-order valence-corrected chi connectivity index (χ2v) is 13.6. The molecular formula is C24H26Si. The van der Waals surface area contributed by atoms with Crippen molar-refractivity contribution in [2.24, 2.45) is 0 Å². The minimum atomic E-state index is -1.51. The van der Waals surface area contributed by atoms with Crippen molar-refractivity contribution >= 4 is 8.07 Å². The molecule has 1 aliphatic rings. The van der Waals surface area contributed by atoms with Crippen LogP contribution in [0.3, 0.4) is 0 Å². The van der Waals surface area contributed by atoms with Crippen molar-refractivity contribution in [3.8, 4) is 0 Å². The lowest BCUT2D eigenvalue weighted by atomic mass is 10.0. The topological polar surface area (TPSA) is 0 Å². The van der Waals surface area contributed by atoms with Gasteiger partial charge in [0.05, 0.1) is 8.07 Å². The van der Waals surface area contributed by atoms with E-state index in [0.717, 1.165) is 0 Å². The van der Waals surface area contributed by atoms with Crippen LogP contribution >= 0.6 is 0 Å². The summed E-state index contributed by atoms with van der Waals surface area (Å²) < 4.78 is 0. The molecule has 1 saturated carbocycles. The van der Waals surface area contributed by atoms with Crippen LogP contribution in [0.1, 0.15) is 28.5 Å². The van der Waals surface area contributed by atoms with Crippen molar-refractivity contribution in [2.75, 3.05) is 0 Å². The molecule has 2 unspecified atom stereocenters. The summed E-state index contributed by atoms with van der Waals surface area (Å²) in [6.07, 6.45) is 0. The molecule has 0 heterocycles. The molecule has 1 aliphatic carbocycles. The van der Waals surface area contributed by atoms with Crippen molar-refractivity contribution in [1.29, 1.82) is 0 Å². The highest BCUT2D eigenvalue weighted by atomic mass is 28.3. The molecule has 0 saturated heterocycles. The molecule has 3 aromatic carbocycles. The van der Waals surface area contributed by atoms with E-state index in [1.54, 1.807) is 0 Å². The summed E-state index contributed by atoms with van der Waals surface area (Å²) in [7, 11) is -1.51. The molecule has 0 radical (unpaired) electrons. The summed E-state index contributed by atoms with van der Waals surface area (Å²) in [6.45, 7) is 7.62. The van der Waals surface area contributed by atoms with Crippen LogP contribution in [-0.2, 0) is 5.04 Å². The maximum Gasteiger partial charge on any atom is 0.0573 e. The van der Waals surface area contributed by atoms with Crippen molar-refractivity contribution in [1.82, 2.24) is 0 Å². The van der Waals surface area contributed by atoms with Crippen molar-refractivity contribution in [3.63, 3.8) is 0 Å². The third-order valence-electron chi connectivity index (χ3n) is 6.02. The third kappa shape index (κ3) is 2.49. The summed E-state index contributed by atoms with van der Waals surface area (Å²) in [5.74, 6) is 1.15. The van der Waals surface area contributed by atoms with E-state index in [1.807, 2.05) is 0 Å². The number of hydrogen-bond donors (Lipinski definition) is 0. The van der Waals surface area contributed by atoms with Crippen LogP contribution in [0, 0.1) is 0 Å². The molecule has 0 aliphatic heterocycles. The number of hydrogen-bond acceptors (Lipinski definition) is 0. The van der Waals surface area contributed by atoms with E-state index < -0.39 is 8.07 Å². The summed E-state index contributed by atoms with van der Waals surface area (Å²) in [5, 5.41) is 0.261. The fourth-order valence-corrected chi connectivity index (χ4v) is 8.54. The van der Waals surface area contributed by atoms with Crippen LogP contribution in [0.25, 0.3) is 0 Å². The molecule has 1 fully saturated rings. The number of benzene rings is 3. The lowest BCUT2D eigenvalue weighted by Gasteiger charge is -2.32. The fourth-order valence-electron chi connectivity index (χ4n) is 5.06. The highest BCUT2D eigenvalue weighted by Gasteiger charge is 2.71. The predicted octanol–water partition coefficient (Wildman–Crippen LogP) is 6.38. The first kappa shape index (κ1) is 16.4. The smallest absolute Gasteiger partial charge is 0.0573 e. The molecule has 4 rings (SSSR count). The molecule has 0 nitrogen and oxygen atoms in total. The van der Waals surface area contributed by atoms with E-state index >= 15 is 0 Å². The summed E-state index contributed by atoms with van der Waals surface area (Å²) in [6, 6.07) is 33.6. The van der Waals surface area contributed by atoms with Crippen LogP contribution in [0.2, 0.25) is 19.6 Å². The Labute approximate surface area is 152 Å². The standard InChI is InChI=1S/C24H26Si/c1-25(2,3)24(21-17-11-6-12-18-21)22(19-13-7-4-8-14-19)23(24)20-15-9-5-10-16-20/h4-18,22-23H,1-3H3. The second kappa shape index (κ2) is 6.00. The minimum Gasteiger partial charge on any atom is -0.0688 e. The minimum absolute atomic E-state index is 0.261. The first-order valence-electron chi connectivity index (χ1n) is 9.22. The molecule has 0 aromatic heterocycles. The molecule has 0 bridgehead atoms. The molecular weight excluding hydrogens is 316 g/mol. The monoisotopic (exact) mass is 342 g/mol. The lowest BCUT2D eigenvalue weighted by Crippen LogP contribution is -2.41. The van der Waals surface area contributed by atoms with E-state index in [1.165, 1.54) is 16.7 Å². The predicted molar refractivity (Wildman–Crippen MR) is 110 cm³/mol. The lowest BCUT2D eigenvalue weighted by molar-refractivity contribution is 0.870. The zero-order valence-electron chi connectivity index (χ0n) is 15.3. The maximum atomic E-state index is 2.54. The van der Waals surface area contributed by atoms with Gasteiger partial charge in [-0.1, -0.05) is 111 Å². The van der Waals surface area contributed by atoms with Gasteiger partial charge in [-0.3, -0.25) is 0 Å². The van der Waals surface area contributed by atoms with Crippen LogP contribution in [0.15, 0.2) is 91.0 Å². The average molecular weight is 343 g/mol. The molecule has 0 amide bonds. The normalized spacial score (nSPS) is 25.6. The van der Waals surface area contributed by atoms with Crippen LogP contribution in [0.5, 0.6) is 0 Å². The Morgan fingerprint density at radius 2 is 0.920 bits per heavy atom. The summed E-state index contributed by atoms with van der Waals surface area (Å²) in [4.78, 5) is 0. The van der Waals surface area contributed by atoms with E-state index in [2.05, 4.69) is 111 Å². The van der Waals surface area contributed by atoms with E-state index in [4.69, 9.17) is 0 Å². The Balaban J connectivity index is 1.94. The zero-order valence-corrected chi connectivity index (χ0v) is 16.3. The van der Waals surface area contributed by atoms with Gasteiger partial charge >= 0.3 is 0 Å². The van der Waals surface area contributed by atoms with Gasteiger partial charge in [0.1, 0.15) is 0 Å². The van der Waals surface area contributed by atoms with Crippen LogP contribution < -0.4 is 0 Å². The first-order chi connectivity index (χ1) is 12.1.